The summed E-state index contributed by atoms with van der Waals surface area (Å²) in [5.41, 5.74) is 18.4. The van der Waals surface area contributed by atoms with Crippen molar-refractivity contribution in [1.29, 1.82) is 0 Å². The van der Waals surface area contributed by atoms with E-state index in [0.29, 0.717) is 0 Å². The van der Waals surface area contributed by atoms with Gasteiger partial charge in [-0.15, -0.1) is 0 Å². The Bertz CT molecular complexity index is 1310. The van der Waals surface area contributed by atoms with Gasteiger partial charge in [0.25, 0.3) is 0 Å². The predicted octanol–water partition coefficient (Wildman–Crippen LogP) is -1.86. The number of nitrogens with two attached hydrogens (primary N) is 3. The van der Waals surface area contributed by atoms with Crippen molar-refractivity contribution in [3.63, 3.8) is 0 Å². The highest BCUT2D eigenvalue weighted by molar-refractivity contribution is 5.98. The molecule has 0 aromatic heterocycles. The molecule has 0 spiro atoms. The Morgan fingerprint density at radius 2 is 1.24 bits per heavy atom. The van der Waals surface area contributed by atoms with Gasteiger partial charge in [0.2, 0.25) is 29.5 Å². The summed E-state index contributed by atoms with van der Waals surface area (Å²) in [5, 5.41) is 19.3. The SMILES string of the molecule is CC(C)[C@H](NC(=O)[C@H](CC(N)=O)NC(=O)[C@@H](N)CO)C(=O)N[C@@H](Cc1ccccc1)C(=O)C[C@H](N)C(=O)NCc1ccccc1. The van der Waals surface area contributed by atoms with E-state index in [4.69, 9.17) is 22.3 Å². The first-order valence-electron chi connectivity index (χ1n) is 14.5. The van der Waals surface area contributed by atoms with Gasteiger partial charge in [-0.2, -0.15) is 0 Å². The number of aliphatic hydroxyl groups is 1. The number of carbonyl (C=O) groups excluding carboxylic acids is 6. The quantitative estimate of drug-likeness (QED) is 0.0923. The van der Waals surface area contributed by atoms with E-state index >= 15 is 0 Å². The average Bonchev–Trinajstić information content (AvgIpc) is 3.01. The van der Waals surface area contributed by atoms with Crippen LogP contribution in [0.15, 0.2) is 60.7 Å². The van der Waals surface area contributed by atoms with Crippen molar-refractivity contribution in [3.8, 4) is 0 Å². The van der Waals surface area contributed by atoms with Crippen LogP contribution in [-0.2, 0) is 41.7 Å². The third kappa shape index (κ3) is 12.5. The van der Waals surface area contributed by atoms with Crippen molar-refractivity contribution in [1.82, 2.24) is 21.3 Å². The Balaban J connectivity index is 2.18. The number of primary amides is 1. The summed E-state index contributed by atoms with van der Waals surface area (Å²) < 4.78 is 0. The first-order chi connectivity index (χ1) is 21.3. The second-order valence-electron chi connectivity index (χ2n) is 11.0. The Hall–Kier alpha value is -4.66. The molecule has 2 aromatic carbocycles. The van der Waals surface area contributed by atoms with Gasteiger partial charge in [-0.25, -0.2) is 0 Å². The summed E-state index contributed by atoms with van der Waals surface area (Å²) in [6.07, 6.45) is -0.877. The first-order valence-corrected chi connectivity index (χ1v) is 14.5. The van der Waals surface area contributed by atoms with E-state index in [1.165, 1.54) is 0 Å². The maximum atomic E-state index is 13.5. The van der Waals surface area contributed by atoms with Gasteiger partial charge in [0.05, 0.1) is 25.1 Å². The third-order valence-electron chi connectivity index (χ3n) is 6.87. The van der Waals surface area contributed by atoms with Gasteiger partial charge in [0.1, 0.15) is 18.1 Å². The molecule has 244 valence electrons. The molecule has 0 fully saturated rings. The van der Waals surface area contributed by atoms with Crippen molar-refractivity contribution in [3.05, 3.63) is 71.8 Å². The monoisotopic (exact) mass is 625 g/mol. The van der Waals surface area contributed by atoms with Crippen molar-refractivity contribution in [2.24, 2.45) is 23.1 Å². The number of aliphatic hydroxyl groups excluding tert-OH is 1. The van der Waals surface area contributed by atoms with Crippen molar-refractivity contribution in [2.45, 2.75) is 69.9 Å². The molecule has 5 atom stereocenters. The summed E-state index contributed by atoms with van der Waals surface area (Å²) in [6.45, 7) is 2.82. The number of Topliss-reactive ketones (excluding diaryl/α,β-unsaturated/α-hetero) is 1. The lowest BCUT2D eigenvalue weighted by molar-refractivity contribution is -0.135. The fourth-order valence-electron chi connectivity index (χ4n) is 4.29. The van der Waals surface area contributed by atoms with Gasteiger partial charge in [-0.1, -0.05) is 74.5 Å². The van der Waals surface area contributed by atoms with Crippen LogP contribution in [0, 0.1) is 5.92 Å². The Labute approximate surface area is 261 Å². The minimum Gasteiger partial charge on any atom is -0.394 e. The number of carbonyl (C=O) groups is 6. The van der Waals surface area contributed by atoms with Gasteiger partial charge in [0.15, 0.2) is 5.78 Å². The van der Waals surface area contributed by atoms with Gasteiger partial charge >= 0.3 is 0 Å². The van der Waals surface area contributed by atoms with E-state index in [0.717, 1.165) is 11.1 Å². The lowest BCUT2D eigenvalue weighted by atomic mass is 9.96. The molecule has 5 amide bonds. The molecule has 0 radical (unpaired) electrons. The van der Waals surface area contributed by atoms with E-state index in [1.54, 1.807) is 44.2 Å². The number of ketones is 1. The zero-order valence-corrected chi connectivity index (χ0v) is 25.4. The summed E-state index contributed by atoms with van der Waals surface area (Å²) in [5.74, 6) is -4.96. The van der Waals surface area contributed by atoms with E-state index in [1.807, 2.05) is 30.3 Å². The summed E-state index contributed by atoms with van der Waals surface area (Å²) in [4.78, 5) is 76.5. The van der Waals surface area contributed by atoms with Gasteiger partial charge in [-0.05, 0) is 23.5 Å². The molecule has 0 heterocycles. The molecule has 2 rings (SSSR count). The summed E-state index contributed by atoms with van der Waals surface area (Å²) in [6, 6.07) is 11.7. The van der Waals surface area contributed by atoms with Crippen LogP contribution in [0.25, 0.3) is 0 Å². The highest BCUT2D eigenvalue weighted by Crippen LogP contribution is 2.10. The smallest absolute Gasteiger partial charge is 0.243 e. The van der Waals surface area contributed by atoms with Crippen LogP contribution >= 0.6 is 0 Å². The molecule has 0 aliphatic heterocycles. The molecule has 2 aromatic rings. The third-order valence-corrected chi connectivity index (χ3v) is 6.87. The van der Waals surface area contributed by atoms with E-state index in [-0.39, 0.29) is 19.4 Å². The van der Waals surface area contributed by atoms with Crippen molar-refractivity contribution < 1.29 is 33.9 Å². The van der Waals surface area contributed by atoms with E-state index in [9.17, 15) is 28.8 Å². The normalized spacial score (nSPS) is 14.3. The molecule has 0 saturated heterocycles. The Kier molecular flexibility index (Phi) is 14.8. The molecule has 0 aliphatic rings. The van der Waals surface area contributed by atoms with Crippen LogP contribution in [0.5, 0.6) is 0 Å². The maximum absolute atomic E-state index is 13.5. The molecular weight excluding hydrogens is 582 g/mol. The number of hydrogen-bond acceptors (Lipinski definition) is 9. The molecule has 45 heavy (non-hydrogen) atoms. The fourth-order valence-corrected chi connectivity index (χ4v) is 4.29. The number of rotatable bonds is 18. The van der Waals surface area contributed by atoms with Gasteiger partial charge in [-0.3, -0.25) is 28.8 Å². The molecule has 0 bridgehead atoms. The average molecular weight is 626 g/mol. The second-order valence-corrected chi connectivity index (χ2v) is 11.0. The second kappa shape index (κ2) is 18.2. The lowest BCUT2D eigenvalue weighted by Gasteiger charge is -2.27. The summed E-state index contributed by atoms with van der Waals surface area (Å²) >= 11 is 0. The number of benzene rings is 2. The maximum Gasteiger partial charge on any atom is 0.243 e. The highest BCUT2D eigenvalue weighted by atomic mass is 16.3. The number of nitrogens with one attached hydrogen (secondary N) is 4. The number of amides is 5. The van der Waals surface area contributed by atoms with Crippen LogP contribution in [0.2, 0.25) is 0 Å². The topological polar surface area (TPSA) is 249 Å². The molecule has 0 aliphatic carbocycles. The Morgan fingerprint density at radius 1 is 0.689 bits per heavy atom. The number of hydrogen-bond donors (Lipinski definition) is 8. The van der Waals surface area contributed by atoms with Gasteiger partial charge < -0.3 is 43.6 Å². The predicted molar refractivity (Wildman–Crippen MR) is 166 cm³/mol. The molecule has 0 unspecified atom stereocenters. The fraction of sp³-hybridized carbons (Fsp3) is 0.419. The lowest BCUT2D eigenvalue weighted by Crippen LogP contribution is -2.59. The van der Waals surface area contributed by atoms with Crippen molar-refractivity contribution >= 4 is 35.3 Å². The molecule has 14 heteroatoms. The minimum absolute atomic E-state index is 0.0853. The zero-order chi connectivity index (χ0) is 33.5. The van der Waals surface area contributed by atoms with E-state index in [2.05, 4.69) is 21.3 Å². The largest absolute Gasteiger partial charge is 0.394 e. The van der Waals surface area contributed by atoms with Crippen LogP contribution in [0.4, 0.5) is 0 Å². The highest BCUT2D eigenvalue weighted by Gasteiger charge is 2.33. The minimum atomic E-state index is -1.48. The van der Waals surface area contributed by atoms with Crippen molar-refractivity contribution in [2.75, 3.05) is 6.61 Å². The molecule has 0 saturated carbocycles. The van der Waals surface area contributed by atoms with Gasteiger partial charge in [0, 0.05) is 13.0 Å². The molecule has 11 N–H and O–H groups in total. The van der Waals surface area contributed by atoms with Crippen LogP contribution in [0.1, 0.15) is 37.8 Å². The van der Waals surface area contributed by atoms with Crippen LogP contribution < -0.4 is 38.5 Å². The Morgan fingerprint density at radius 3 is 1.78 bits per heavy atom. The van der Waals surface area contributed by atoms with Crippen LogP contribution in [-0.4, -0.2) is 77.2 Å². The standard InChI is InChI=1S/C31H43N7O7/c1-18(2)27(38-30(44)24(15-26(34)41)37-29(43)22(33)17-39)31(45)36-23(13-19-9-5-3-6-10-19)25(40)14-21(32)28(42)35-16-20-11-7-4-8-12-20/h3-12,18,21-24,27,39H,13-17,32-33H2,1-2H3,(H2,34,41)(H,35,42)(H,36,45)(H,37,43)(H,38,44)/t21-,22-,23-,24-,27-/m0/s1. The van der Waals surface area contributed by atoms with E-state index < -0.39 is 84.5 Å². The summed E-state index contributed by atoms with van der Waals surface area (Å²) in [7, 11) is 0. The molecular formula is C31H43N7O7. The first kappa shape index (κ1) is 36.5. The molecule has 14 nitrogen and oxygen atoms in total. The van der Waals surface area contributed by atoms with Crippen LogP contribution in [0.3, 0.4) is 0 Å². The zero-order valence-electron chi connectivity index (χ0n) is 25.4.